The van der Waals surface area contributed by atoms with Crippen LogP contribution in [0.1, 0.15) is 6.92 Å². The van der Waals surface area contributed by atoms with Crippen LogP contribution in [0.4, 0.5) is 0 Å². The molecule has 0 spiro atoms. The van der Waals surface area contributed by atoms with Gasteiger partial charge in [0.1, 0.15) is 6.10 Å². The minimum atomic E-state index is -1.15. The van der Waals surface area contributed by atoms with Gasteiger partial charge in [0, 0.05) is 11.5 Å². The molecule has 0 bridgehead atoms. The van der Waals surface area contributed by atoms with Gasteiger partial charge in [-0.2, -0.15) is 25.3 Å². The Labute approximate surface area is 107 Å². The Kier molecular flexibility index (Phi) is 9.82. The zero-order valence-corrected chi connectivity index (χ0v) is 11.0. The first-order valence-electron chi connectivity index (χ1n) is 5.02. The molecule has 0 amide bonds. The van der Waals surface area contributed by atoms with Crippen molar-refractivity contribution in [3.05, 3.63) is 0 Å². The summed E-state index contributed by atoms with van der Waals surface area (Å²) < 4.78 is 10.5. The molecule has 0 rings (SSSR count). The Morgan fingerprint density at radius 1 is 1.25 bits per heavy atom. The summed E-state index contributed by atoms with van der Waals surface area (Å²) in [5, 5.41) is 27.6. The molecule has 0 aliphatic carbocycles. The summed E-state index contributed by atoms with van der Waals surface area (Å²) in [5.41, 5.74) is 0. The van der Waals surface area contributed by atoms with Crippen LogP contribution < -0.4 is 0 Å². The summed E-state index contributed by atoms with van der Waals surface area (Å²) in [7, 11) is 0. The maximum atomic E-state index is 9.44. The average molecular weight is 272 g/mol. The molecule has 4 atom stereocenters. The standard InChI is InChI=1S/C9H20O5S2/c1-6(11)8(5-16)14-9(7(12)4-10)13-2-3-15/h6-12,15-16H,2-5H2,1H3/t6-,7+,8?,9?/m1/s1. The first kappa shape index (κ1) is 16.5. The predicted octanol–water partition coefficient (Wildman–Crippen LogP) is -0.692. The van der Waals surface area contributed by atoms with Gasteiger partial charge in [0.2, 0.25) is 0 Å². The lowest BCUT2D eigenvalue weighted by molar-refractivity contribution is -0.228. The second-order valence-corrected chi connectivity index (χ2v) is 4.12. The molecule has 0 aliphatic rings. The van der Waals surface area contributed by atoms with Gasteiger partial charge in [-0.1, -0.05) is 0 Å². The van der Waals surface area contributed by atoms with E-state index in [9.17, 15) is 10.2 Å². The average Bonchev–Trinajstić information content (AvgIpc) is 2.28. The molecule has 0 saturated heterocycles. The van der Waals surface area contributed by atoms with Crippen molar-refractivity contribution in [2.75, 3.05) is 24.7 Å². The summed E-state index contributed by atoms with van der Waals surface area (Å²) in [6.07, 6.45) is -3.43. The zero-order chi connectivity index (χ0) is 12.6. The van der Waals surface area contributed by atoms with E-state index in [4.69, 9.17) is 14.6 Å². The van der Waals surface area contributed by atoms with Crippen molar-refractivity contribution in [1.82, 2.24) is 0 Å². The summed E-state index contributed by atoms with van der Waals surface area (Å²) in [4.78, 5) is 0. The van der Waals surface area contributed by atoms with Gasteiger partial charge in [-0.3, -0.25) is 0 Å². The molecular formula is C9H20O5S2. The molecule has 0 fully saturated rings. The number of ether oxygens (including phenoxy) is 2. The first-order chi connectivity index (χ1) is 7.56. The van der Waals surface area contributed by atoms with Crippen LogP contribution in [0.5, 0.6) is 0 Å². The SMILES string of the molecule is C[C@@H](O)C(CS)OC(OCCS)[C@@H](O)CO. The van der Waals surface area contributed by atoms with E-state index in [1.165, 1.54) is 0 Å². The number of hydrogen-bond acceptors (Lipinski definition) is 7. The first-order valence-corrected chi connectivity index (χ1v) is 6.29. The molecule has 2 unspecified atom stereocenters. The van der Waals surface area contributed by atoms with Gasteiger partial charge in [-0.15, -0.1) is 0 Å². The Morgan fingerprint density at radius 3 is 2.25 bits per heavy atom. The van der Waals surface area contributed by atoms with E-state index < -0.39 is 31.2 Å². The molecule has 7 heteroatoms. The van der Waals surface area contributed by atoms with Crippen LogP contribution in [-0.4, -0.2) is 64.6 Å². The van der Waals surface area contributed by atoms with Gasteiger partial charge >= 0.3 is 0 Å². The second-order valence-electron chi connectivity index (χ2n) is 3.31. The number of aliphatic hydroxyl groups is 3. The van der Waals surface area contributed by atoms with E-state index in [1.54, 1.807) is 6.92 Å². The van der Waals surface area contributed by atoms with Gasteiger partial charge in [-0.05, 0) is 6.92 Å². The summed E-state index contributed by atoms with van der Waals surface area (Å²) >= 11 is 7.98. The molecule has 0 heterocycles. The molecule has 0 aromatic carbocycles. The maximum Gasteiger partial charge on any atom is 0.186 e. The van der Waals surface area contributed by atoms with Crippen molar-refractivity contribution >= 4 is 25.3 Å². The van der Waals surface area contributed by atoms with E-state index in [1.807, 2.05) is 0 Å². The minimum Gasteiger partial charge on any atom is -0.393 e. The predicted molar refractivity (Wildman–Crippen MR) is 67.1 cm³/mol. The molecule has 0 saturated carbocycles. The van der Waals surface area contributed by atoms with Gasteiger partial charge in [-0.25, -0.2) is 0 Å². The summed E-state index contributed by atoms with van der Waals surface area (Å²) in [6, 6.07) is 0. The van der Waals surface area contributed by atoms with E-state index >= 15 is 0 Å². The van der Waals surface area contributed by atoms with Crippen molar-refractivity contribution in [2.45, 2.75) is 31.5 Å². The fourth-order valence-electron chi connectivity index (χ4n) is 0.978. The monoisotopic (exact) mass is 272 g/mol. The van der Waals surface area contributed by atoms with E-state index in [-0.39, 0.29) is 12.4 Å². The molecule has 0 radical (unpaired) electrons. The van der Waals surface area contributed by atoms with Crippen molar-refractivity contribution in [3.8, 4) is 0 Å². The lowest BCUT2D eigenvalue weighted by atomic mass is 10.2. The van der Waals surface area contributed by atoms with Crippen molar-refractivity contribution < 1.29 is 24.8 Å². The number of thiol groups is 2. The maximum absolute atomic E-state index is 9.44. The van der Waals surface area contributed by atoms with Gasteiger partial charge in [0.25, 0.3) is 0 Å². The molecule has 16 heavy (non-hydrogen) atoms. The quantitative estimate of drug-likeness (QED) is 0.284. The van der Waals surface area contributed by atoms with Crippen molar-refractivity contribution in [1.29, 1.82) is 0 Å². The highest BCUT2D eigenvalue weighted by molar-refractivity contribution is 7.80. The number of rotatable bonds is 9. The normalized spacial score (nSPS) is 19.1. The molecule has 3 N–H and O–H groups in total. The zero-order valence-electron chi connectivity index (χ0n) is 9.19. The van der Waals surface area contributed by atoms with Crippen LogP contribution in [0.15, 0.2) is 0 Å². The Balaban J connectivity index is 4.27. The van der Waals surface area contributed by atoms with E-state index in [0.717, 1.165) is 0 Å². The van der Waals surface area contributed by atoms with Crippen LogP contribution in [-0.2, 0) is 9.47 Å². The molecule has 0 aromatic heterocycles. The number of hydrogen-bond donors (Lipinski definition) is 5. The van der Waals surface area contributed by atoms with Gasteiger partial charge in [0.15, 0.2) is 6.29 Å². The van der Waals surface area contributed by atoms with Crippen LogP contribution in [0.2, 0.25) is 0 Å². The Morgan fingerprint density at radius 2 is 1.88 bits per heavy atom. The largest absolute Gasteiger partial charge is 0.393 e. The highest BCUT2D eigenvalue weighted by Gasteiger charge is 2.25. The van der Waals surface area contributed by atoms with Crippen LogP contribution in [0.3, 0.4) is 0 Å². The Hall–Kier alpha value is 0.500. The third kappa shape index (κ3) is 6.29. The van der Waals surface area contributed by atoms with Crippen LogP contribution in [0.25, 0.3) is 0 Å². The lowest BCUT2D eigenvalue weighted by Gasteiger charge is -2.28. The third-order valence-corrected chi connectivity index (χ3v) is 2.44. The topological polar surface area (TPSA) is 79.2 Å². The summed E-state index contributed by atoms with van der Waals surface area (Å²) in [5.74, 6) is 0.759. The number of aliphatic hydroxyl groups excluding tert-OH is 3. The third-order valence-electron chi connectivity index (χ3n) is 1.90. The highest BCUT2D eigenvalue weighted by Crippen LogP contribution is 2.10. The molecule has 0 aliphatic heterocycles. The second kappa shape index (κ2) is 9.52. The molecular weight excluding hydrogens is 252 g/mol. The fourth-order valence-corrected chi connectivity index (χ4v) is 1.47. The van der Waals surface area contributed by atoms with Crippen LogP contribution in [0, 0.1) is 0 Å². The molecule has 5 nitrogen and oxygen atoms in total. The fraction of sp³-hybridized carbons (Fsp3) is 1.00. The van der Waals surface area contributed by atoms with E-state index in [0.29, 0.717) is 5.75 Å². The summed E-state index contributed by atoms with van der Waals surface area (Å²) in [6.45, 7) is 1.36. The van der Waals surface area contributed by atoms with Crippen LogP contribution >= 0.6 is 25.3 Å². The molecule has 98 valence electrons. The molecule has 0 aromatic rings. The minimum absolute atomic E-state index is 0.282. The smallest absolute Gasteiger partial charge is 0.186 e. The Bertz CT molecular complexity index is 170. The van der Waals surface area contributed by atoms with Gasteiger partial charge < -0.3 is 24.8 Å². The lowest BCUT2D eigenvalue weighted by Crippen LogP contribution is -2.41. The van der Waals surface area contributed by atoms with Crippen molar-refractivity contribution in [3.63, 3.8) is 0 Å². The van der Waals surface area contributed by atoms with Gasteiger partial charge in [0.05, 0.1) is 25.4 Å². The van der Waals surface area contributed by atoms with Crippen molar-refractivity contribution in [2.24, 2.45) is 0 Å². The highest BCUT2D eigenvalue weighted by atomic mass is 32.1. The van der Waals surface area contributed by atoms with E-state index in [2.05, 4.69) is 25.3 Å².